The monoisotopic (exact) mass is 357 g/mol. The van der Waals surface area contributed by atoms with Gasteiger partial charge in [0.2, 0.25) is 0 Å². The Bertz CT molecular complexity index is 334. The Morgan fingerprint density at radius 1 is 0.840 bits per heavy atom. The number of ether oxygens (including phenoxy) is 1. The molecule has 1 atom stereocenters. The molecule has 0 rings (SSSR count). The lowest BCUT2D eigenvalue weighted by Gasteiger charge is -2.13. The zero-order valence-corrected chi connectivity index (χ0v) is 16.1. The first kappa shape index (κ1) is 23.9. The quantitative estimate of drug-likeness (QED) is 0.271. The van der Waals surface area contributed by atoms with E-state index in [0.717, 1.165) is 19.3 Å². The SMILES string of the molecule is CCCCCCCCCCCCCCCC(=O)OC(CN)CC(=O)O. The summed E-state index contributed by atoms with van der Waals surface area (Å²) in [5.74, 6) is -1.33. The maximum Gasteiger partial charge on any atom is 0.307 e. The lowest BCUT2D eigenvalue weighted by Crippen LogP contribution is -2.29. The highest BCUT2D eigenvalue weighted by Gasteiger charge is 2.15. The summed E-state index contributed by atoms with van der Waals surface area (Å²) in [5, 5.41) is 8.68. The minimum Gasteiger partial charge on any atom is -0.481 e. The van der Waals surface area contributed by atoms with Crippen LogP contribution in [0.1, 0.15) is 103 Å². The molecule has 148 valence electrons. The van der Waals surface area contributed by atoms with Gasteiger partial charge in [-0.3, -0.25) is 9.59 Å². The van der Waals surface area contributed by atoms with Crippen molar-refractivity contribution in [2.75, 3.05) is 6.54 Å². The second-order valence-corrected chi connectivity index (χ2v) is 6.94. The van der Waals surface area contributed by atoms with Gasteiger partial charge in [0.25, 0.3) is 0 Å². The number of unbranched alkanes of at least 4 members (excludes halogenated alkanes) is 12. The molecular weight excluding hydrogens is 318 g/mol. The Morgan fingerprint density at radius 3 is 1.68 bits per heavy atom. The Morgan fingerprint density at radius 2 is 1.28 bits per heavy atom. The molecule has 0 aliphatic heterocycles. The van der Waals surface area contributed by atoms with Crippen LogP contribution in [0.25, 0.3) is 0 Å². The van der Waals surface area contributed by atoms with E-state index < -0.39 is 12.1 Å². The fourth-order valence-electron chi connectivity index (χ4n) is 2.90. The lowest BCUT2D eigenvalue weighted by molar-refractivity contribution is -0.152. The summed E-state index contributed by atoms with van der Waals surface area (Å²) in [6, 6.07) is 0. The van der Waals surface area contributed by atoms with E-state index >= 15 is 0 Å². The highest BCUT2D eigenvalue weighted by Crippen LogP contribution is 2.13. The summed E-state index contributed by atoms with van der Waals surface area (Å²) in [6.45, 7) is 2.30. The third-order valence-corrected chi connectivity index (χ3v) is 4.45. The third kappa shape index (κ3) is 17.5. The summed E-state index contributed by atoms with van der Waals surface area (Å²) in [6.07, 6.45) is 15.8. The minimum atomic E-state index is -0.996. The van der Waals surface area contributed by atoms with Crippen molar-refractivity contribution in [2.45, 2.75) is 109 Å². The van der Waals surface area contributed by atoms with Gasteiger partial charge < -0.3 is 15.6 Å². The maximum atomic E-state index is 11.6. The van der Waals surface area contributed by atoms with Crippen molar-refractivity contribution in [3.05, 3.63) is 0 Å². The Hall–Kier alpha value is -1.10. The van der Waals surface area contributed by atoms with Crippen molar-refractivity contribution in [3.8, 4) is 0 Å². The first-order valence-corrected chi connectivity index (χ1v) is 10.2. The Kier molecular flexibility index (Phi) is 16.9. The summed E-state index contributed by atoms with van der Waals surface area (Å²) in [4.78, 5) is 22.2. The normalized spacial score (nSPS) is 12.1. The molecule has 0 aromatic heterocycles. The summed E-state index contributed by atoms with van der Waals surface area (Å²) >= 11 is 0. The zero-order chi connectivity index (χ0) is 18.8. The average Bonchev–Trinajstić information content (AvgIpc) is 2.58. The first-order chi connectivity index (χ1) is 12.1. The highest BCUT2D eigenvalue weighted by molar-refractivity contribution is 5.71. The molecule has 0 radical (unpaired) electrons. The van der Waals surface area contributed by atoms with E-state index in [1.807, 2.05) is 0 Å². The molecule has 0 aliphatic carbocycles. The van der Waals surface area contributed by atoms with E-state index in [-0.39, 0.29) is 18.9 Å². The number of carbonyl (C=O) groups excluding carboxylic acids is 1. The van der Waals surface area contributed by atoms with Crippen molar-refractivity contribution < 1.29 is 19.4 Å². The van der Waals surface area contributed by atoms with E-state index in [1.54, 1.807) is 0 Å². The summed E-state index contributed by atoms with van der Waals surface area (Å²) in [5.41, 5.74) is 5.40. The van der Waals surface area contributed by atoms with E-state index in [4.69, 9.17) is 15.6 Å². The molecule has 0 aromatic rings. The van der Waals surface area contributed by atoms with Crippen LogP contribution < -0.4 is 5.73 Å². The van der Waals surface area contributed by atoms with Gasteiger partial charge in [-0.15, -0.1) is 0 Å². The topological polar surface area (TPSA) is 89.6 Å². The molecule has 1 unspecified atom stereocenters. The van der Waals surface area contributed by atoms with Crippen molar-refractivity contribution in [1.29, 1.82) is 0 Å². The Labute approximate surface area is 153 Å². The second kappa shape index (κ2) is 17.7. The van der Waals surface area contributed by atoms with Crippen LogP contribution in [0.4, 0.5) is 0 Å². The number of hydrogen-bond acceptors (Lipinski definition) is 4. The number of carbonyl (C=O) groups is 2. The highest BCUT2D eigenvalue weighted by atomic mass is 16.5. The molecule has 0 fully saturated rings. The van der Waals surface area contributed by atoms with Gasteiger partial charge in [0.15, 0.2) is 0 Å². The molecular formula is C20H39NO4. The fraction of sp³-hybridized carbons (Fsp3) is 0.900. The third-order valence-electron chi connectivity index (χ3n) is 4.45. The number of carboxylic acid groups (broad SMARTS) is 1. The number of esters is 1. The van der Waals surface area contributed by atoms with Gasteiger partial charge >= 0.3 is 11.9 Å². The van der Waals surface area contributed by atoms with Crippen molar-refractivity contribution in [3.63, 3.8) is 0 Å². The molecule has 3 N–H and O–H groups in total. The van der Waals surface area contributed by atoms with Gasteiger partial charge in [-0.25, -0.2) is 0 Å². The zero-order valence-electron chi connectivity index (χ0n) is 16.1. The number of hydrogen-bond donors (Lipinski definition) is 2. The van der Waals surface area contributed by atoms with Crippen LogP contribution >= 0.6 is 0 Å². The van der Waals surface area contributed by atoms with Crippen molar-refractivity contribution in [2.24, 2.45) is 5.73 Å². The smallest absolute Gasteiger partial charge is 0.307 e. The van der Waals surface area contributed by atoms with Crippen LogP contribution in [0.15, 0.2) is 0 Å². The van der Waals surface area contributed by atoms with Gasteiger partial charge in [-0.05, 0) is 6.42 Å². The molecule has 0 amide bonds. The van der Waals surface area contributed by atoms with Crippen LogP contribution in [-0.4, -0.2) is 29.7 Å². The molecule has 25 heavy (non-hydrogen) atoms. The molecule has 0 bridgehead atoms. The minimum absolute atomic E-state index is 0.0522. The van der Waals surface area contributed by atoms with E-state index in [9.17, 15) is 9.59 Å². The molecule has 0 saturated heterocycles. The predicted octanol–water partition coefficient (Wildman–Crippen LogP) is 4.81. The molecule has 5 heteroatoms. The number of aliphatic carboxylic acids is 1. The number of carboxylic acids is 1. The Balaban J connectivity index is 3.34. The molecule has 5 nitrogen and oxygen atoms in total. The molecule has 0 spiro atoms. The second-order valence-electron chi connectivity index (χ2n) is 6.94. The van der Waals surface area contributed by atoms with E-state index in [0.29, 0.717) is 6.42 Å². The summed E-state index contributed by atoms with van der Waals surface area (Å²) < 4.78 is 5.07. The van der Waals surface area contributed by atoms with Crippen LogP contribution in [-0.2, 0) is 14.3 Å². The molecule has 0 aliphatic rings. The van der Waals surface area contributed by atoms with Gasteiger partial charge in [-0.1, -0.05) is 84.0 Å². The van der Waals surface area contributed by atoms with Crippen LogP contribution in [0.3, 0.4) is 0 Å². The maximum absolute atomic E-state index is 11.6. The van der Waals surface area contributed by atoms with Crippen LogP contribution in [0.5, 0.6) is 0 Å². The van der Waals surface area contributed by atoms with Crippen molar-refractivity contribution in [1.82, 2.24) is 0 Å². The molecule has 0 heterocycles. The lowest BCUT2D eigenvalue weighted by atomic mass is 10.0. The molecule has 0 aromatic carbocycles. The molecule has 0 saturated carbocycles. The van der Waals surface area contributed by atoms with E-state index in [1.165, 1.54) is 64.2 Å². The fourth-order valence-corrected chi connectivity index (χ4v) is 2.90. The van der Waals surface area contributed by atoms with Gasteiger partial charge in [-0.2, -0.15) is 0 Å². The number of rotatable bonds is 18. The van der Waals surface area contributed by atoms with Crippen LogP contribution in [0, 0.1) is 0 Å². The summed E-state index contributed by atoms with van der Waals surface area (Å²) in [7, 11) is 0. The van der Waals surface area contributed by atoms with E-state index in [2.05, 4.69) is 6.92 Å². The standard InChI is InChI=1S/C20H39NO4/c1-2-3-4-5-6-7-8-9-10-11-12-13-14-15-20(24)25-18(17-21)16-19(22)23/h18H,2-17,21H2,1H3,(H,22,23). The van der Waals surface area contributed by atoms with Gasteiger partial charge in [0.1, 0.15) is 6.10 Å². The average molecular weight is 358 g/mol. The largest absolute Gasteiger partial charge is 0.481 e. The first-order valence-electron chi connectivity index (χ1n) is 10.2. The van der Waals surface area contributed by atoms with Gasteiger partial charge in [0.05, 0.1) is 6.42 Å². The predicted molar refractivity (Wildman–Crippen MR) is 101 cm³/mol. The van der Waals surface area contributed by atoms with Crippen LogP contribution in [0.2, 0.25) is 0 Å². The van der Waals surface area contributed by atoms with Gasteiger partial charge in [0, 0.05) is 13.0 Å². The van der Waals surface area contributed by atoms with Crippen molar-refractivity contribution >= 4 is 11.9 Å². The number of nitrogens with two attached hydrogens (primary N) is 1.